The summed E-state index contributed by atoms with van der Waals surface area (Å²) in [5, 5.41) is 3.80. The van der Waals surface area contributed by atoms with Crippen molar-refractivity contribution in [2.45, 2.75) is 64.1 Å². The van der Waals surface area contributed by atoms with Crippen molar-refractivity contribution >= 4 is 0 Å². The smallest absolute Gasteiger partial charge is 0.0237 e. The predicted octanol–water partition coefficient (Wildman–Crippen LogP) is 3.14. The Morgan fingerprint density at radius 3 is 2.86 bits per heavy atom. The van der Waals surface area contributed by atoms with Crippen LogP contribution < -0.4 is 5.32 Å². The number of hydrogen-bond donors (Lipinski definition) is 1. The highest BCUT2D eigenvalue weighted by molar-refractivity contribution is 5.35. The molecule has 1 aromatic carbocycles. The van der Waals surface area contributed by atoms with E-state index in [1.165, 1.54) is 57.2 Å². The molecule has 1 saturated heterocycles. The molecule has 2 unspecified atom stereocenters. The number of nitrogens with zero attached hydrogens (tertiary/aromatic N) is 1. The van der Waals surface area contributed by atoms with Crippen LogP contribution in [0.1, 0.15) is 49.3 Å². The predicted molar refractivity (Wildman–Crippen MR) is 87.5 cm³/mol. The van der Waals surface area contributed by atoms with E-state index in [4.69, 9.17) is 0 Å². The number of piperazine rings is 1. The standard InChI is InChI=1S/C19H28N2/c1-2-18-11-20-19(16-8-9-16)13-21(18)12-14-6-7-15-4-3-5-17(15)10-14/h6-7,10,16,18-20H,2-5,8-9,11-13H2,1H3. The first-order chi connectivity index (χ1) is 10.3. The zero-order valence-corrected chi connectivity index (χ0v) is 13.3. The third kappa shape index (κ3) is 2.89. The second-order valence-electron chi connectivity index (χ2n) is 7.30. The van der Waals surface area contributed by atoms with Crippen LogP contribution in [0.25, 0.3) is 0 Å². The highest BCUT2D eigenvalue weighted by atomic mass is 15.2. The molecule has 4 rings (SSSR count). The first-order valence-corrected chi connectivity index (χ1v) is 8.91. The van der Waals surface area contributed by atoms with Gasteiger partial charge in [0.25, 0.3) is 0 Å². The summed E-state index contributed by atoms with van der Waals surface area (Å²) in [6.45, 7) is 5.92. The van der Waals surface area contributed by atoms with Gasteiger partial charge in [0.15, 0.2) is 0 Å². The summed E-state index contributed by atoms with van der Waals surface area (Å²) >= 11 is 0. The van der Waals surface area contributed by atoms with E-state index >= 15 is 0 Å². The van der Waals surface area contributed by atoms with Crippen molar-refractivity contribution in [3.63, 3.8) is 0 Å². The molecule has 1 N–H and O–H groups in total. The molecule has 0 bridgehead atoms. The maximum atomic E-state index is 3.80. The Morgan fingerprint density at radius 2 is 2.05 bits per heavy atom. The molecule has 0 radical (unpaired) electrons. The number of aryl methyl sites for hydroxylation is 2. The molecular formula is C19H28N2. The average molecular weight is 284 g/mol. The summed E-state index contributed by atoms with van der Waals surface area (Å²) in [5.41, 5.74) is 4.75. The minimum atomic E-state index is 0.716. The molecule has 1 saturated carbocycles. The summed E-state index contributed by atoms with van der Waals surface area (Å²) in [6.07, 6.45) is 8.10. The molecule has 0 spiro atoms. The third-order valence-corrected chi connectivity index (χ3v) is 5.77. The van der Waals surface area contributed by atoms with E-state index in [2.05, 4.69) is 35.3 Å². The molecule has 0 amide bonds. The lowest BCUT2D eigenvalue weighted by Crippen LogP contribution is -2.56. The lowest BCUT2D eigenvalue weighted by atomic mass is 10.0. The molecule has 0 aromatic heterocycles. The number of hydrogen-bond acceptors (Lipinski definition) is 2. The van der Waals surface area contributed by atoms with Crippen molar-refractivity contribution in [1.82, 2.24) is 10.2 Å². The van der Waals surface area contributed by atoms with E-state index in [0.29, 0.717) is 6.04 Å². The number of nitrogens with one attached hydrogen (secondary N) is 1. The van der Waals surface area contributed by atoms with Gasteiger partial charge >= 0.3 is 0 Å². The Balaban J connectivity index is 1.47. The molecule has 2 atom stereocenters. The quantitative estimate of drug-likeness (QED) is 0.914. The number of rotatable bonds is 4. The minimum absolute atomic E-state index is 0.716. The lowest BCUT2D eigenvalue weighted by molar-refractivity contribution is 0.112. The molecule has 1 aliphatic heterocycles. The molecule has 1 heterocycles. The highest BCUT2D eigenvalue weighted by Crippen LogP contribution is 2.35. The Kier molecular flexibility index (Phi) is 3.76. The van der Waals surface area contributed by atoms with Crippen molar-refractivity contribution < 1.29 is 0 Å². The zero-order chi connectivity index (χ0) is 14.2. The first-order valence-electron chi connectivity index (χ1n) is 8.91. The van der Waals surface area contributed by atoms with E-state index in [1.54, 1.807) is 11.1 Å². The van der Waals surface area contributed by atoms with Gasteiger partial charge < -0.3 is 5.32 Å². The molecular weight excluding hydrogens is 256 g/mol. The maximum absolute atomic E-state index is 3.80. The van der Waals surface area contributed by atoms with Gasteiger partial charge in [-0.25, -0.2) is 0 Å². The van der Waals surface area contributed by atoms with Crippen LogP contribution in [0.4, 0.5) is 0 Å². The van der Waals surface area contributed by atoms with Crippen LogP contribution in [0.3, 0.4) is 0 Å². The van der Waals surface area contributed by atoms with Gasteiger partial charge in [-0.1, -0.05) is 25.1 Å². The van der Waals surface area contributed by atoms with Crippen LogP contribution in [-0.2, 0) is 19.4 Å². The van der Waals surface area contributed by atoms with E-state index in [-0.39, 0.29) is 0 Å². The lowest BCUT2D eigenvalue weighted by Gasteiger charge is -2.40. The topological polar surface area (TPSA) is 15.3 Å². The van der Waals surface area contributed by atoms with Crippen LogP contribution >= 0.6 is 0 Å². The van der Waals surface area contributed by atoms with Crippen molar-refractivity contribution in [2.75, 3.05) is 13.1 Å². The van der Waals surface area contributed by atoms with Crippen LogP contribution in [0.15, 0.2) is 18.2 Å². The molecule has 114 valence electrons. The van der Waals surface area contributed by atoms with E-state index in [9.17, 15) is 0 Å². The first kappa shape index (κ1) is 13.8. The largest absolute Gasteiger partial charge is 0.311 e. The van der Waals surface area contributed by atoms with Crippen LogP contribution in [0.2, 0.25) is 0 Å². The van der Waals surface area contributed by atoms with Crippen molar-refractivity contribution in [2.24, 2.45) is 5.92 Å². The molecule has 2 aliphatic carbocycles. The molecule has 2 heteroatoms. The molecule has 1 aromatic rings. The van der Waals surface area contributed by atoms with Gasteiger partial charge in [0.2, 0.25) is 0 Å². The van der Waals surface area contributed by atoms with Gasteiger partial charge in [-0.2, -0.15) is 0 Å². The zero-order valence-electron chi connectivity index (χ0n) is 13.3. The van der Waals surface area contributed by atoms with Crippen molar-refractivity contribution in [3.8, 4) is 0 Å². The Morgan fingerprint density at radius 1 is 1.19 bits per heavy atom. The minimum Gasteiger partial charge on any atom is -0.311 e. The Hall–Kier alpha value is -0.860. The molecule has 2 nitrogen and oxygen atoms in total. The molecule has 2 fully saturated rings. The third-order valence-electron chi connectivity index (χ3n) is 5.77. The van der Waals surface area contributed by atoms with E-state index in [1.807, 2.05) is 0 Å². The Bertz CT molecular complexity index is 506. The summed E-state index contributed by atoms with van der Waals surface area (Å²) in [4.78, 5) is 2.75. The second kappa shape index (κ2) is 5.73. The van der Waals surface area contributed by atoms with Gasteiger partial charge in [-0.05, 0) is 61.1 Å². The normalized spacial score (nSPS) is 29.6. The summed E-state index contributed by atoms with van der Waals surface area (Å²) < 4.78 is 0. The molecule has 3 aliphatic rings. The average Bonchev–Trinajstić information content (AvgIpc) is 3.25. The summed E-state index contributed by atoms with van der Waals surface area (Å²) in [5.74, 6) is 0.963. The maximum Gasteiger partial charge on any atom is 0.0237 e. The van der Waals surface area contributed by atoms with Crippen LogP contribution in [0, 0.1) is 5.92 Å². The number of fused-ring (bicyclic) bond motifs is 1. The second-order valence-corrected chi connectivity index (χ2v) is 7.30. The summed E-state index contributed by atoms with van der Waals surface area (Å²) in [7, 11) is 0. The van der Waals surface area contributed by atoms with Gasteiger partial charge in [0.1, 0.15) is 0 Å². The monoisotopic (exact) mass is 284 g/mol. The fourth-order valence-corrected chi connectivity index (χ4v) is 4.25. The van der Waals surface area contributed by atoms with E-state index < -0.39 is 0 Å². The van der Waals surface area contributed by atoms with Gasteiger partial charge in [0, 0.05) is 31.7 Å². The summed E-state index contributed by atoms with van der Waals surface area (Å²) in [6, 6.07) is 8.73. The van der Waals surface area contributed by atoms with Crippen molar-refractivity contribution in [1.29, 1.82) is 0 Å². The SMILES string of the molecule is CCC1CNC(C2CC2)CN1Cc1ccc2c(c1)CCC2. The van der Waals surface area contributed by atoms with Crippen LogP contribution in [0.5, 0.6) is 0 Å². The molecule has 21 heavy (non-hydrogen) atoms. The van der Waals surface area contributed by atoms with Crippen molar-refractivity contribution in [3.05, 3.63) is 34.9 Å². The van der Waals surface area contributed by atoms with Gasteiger partial charge in [-0.15, -0.1) is 0 Å². The fourth-order valence-electron chi connectivity index (χ4n) is 4.25. The van der Waals surface area contributed by atoms with Gasteiger partial charge in [-0.3, -0.25) is 4.90 Å². The number of benzene rings is 1. The fraction of sp³-hybridized carbons (Fsp3) is 0.684. The van der Waals surface area contributed by atoms with E-state index in [0.717, 1.165) is 18.5 Å². The highest BCUT2D eigenvalue weighted by Gasteiger charge is 2.36. The Labute approximate surface area is 128 Å². The van der Waals surface area contributed by atoms with Crippen LogP contribution in [-0.4, -0.2) is 30.1 Å². The van der Waals surface area contributed by atoms with Gasteiger partial charge in [0.05, 0.1) is 0 Å².